The molecule has 0 saturated carbocycles. The van der Waals surface area contributed by atoms with Gasteiger partial charge in [0.2, 0.25) is 12.7 Å². The molecule has 0 bridgehead atoms. The molecular formula is C27H22ClF3N2O4. The fourth-order valence-electron chi connectivity index (χ4n) is 4.66. The number of carbonyl (C=O) groups excluding carboxylic acids is 2. The molecule has 2 amide bonds. The SMILES string of the molecule is O=C(NCc1ccc2c(c1)OCO2)[C@H]1CN(C(=O)c2ccc(Cl)cc2)C[C@H]1c1cccc(C(F)(F)F)c1. The van der Waals surface area contributed by atoms with Crippen LogP contribution in [0, 0.1) is 5.92 Å². The van der Waals surface area contributed by atoms with Crippen LogP contribution >= 0.6 is 11.6 Å². The van der Waals surface area contributed by atoms with Crippen molar-refractivity contribution in [1.82, 2.24) is 10.2 Å². The molecule has 0 unspecified atom stereocenters. The summed E-state index contributed by atoms with van der Waals surface area (Å²) in [4.78, 5) is 28.0. The van der Waals surface area contributed by atoms with Gasteiger partial charge in [0, 0.05) is 36.1 Å². The minimum atomic E-state index is -4.52. The number of ether oxygens (including phenoxy) is 2. The van der Waals surface area contributed by atoms with E-state index in [1.165, 1.54) is 11.0 Å². The molecule has 0 radical (unpaired) electrons. The van der Waals surface area contributed by atoms with Crippen LogP contribution < -0.4 is 14.8 Å². The van der Waals surface area contributed by atoms with Crippen LogP contribution in [0.15, 0.2) is 66.7 Å². The van der Waals surface area contributed by atoms with Gasteiger partial charge in [0.25, 0.3) is 5.91 Å². The number of hydrogen-bond acceptors (Lipinski definition) is 4. The van der Waals surface area contributed by atoms with Gasteiger partial charge in [-0.2, -0.15) is 13.2 Å². The quantitative estimate of drug-likeness (QED) is 0.489. The third-order valence-electron chi connectivity index (χ3n) is 6.58. The molecule has 0 aromatic heterocycles. The Labute approximate surface area is 215 Å². The first kappa shape index (κ1) is 25.0. The second-order valence-electron chi connectivity index (χ2n) is 8.96. The highest BCUT2D eigenvalue weighted by Gasteiger charge is 2.41. The van der Waals surface area contributed by atoms with Gasteiger partial charge in [-0.25, -0.2) is 0 Å². The van der Waals surface area contributed by atoms with Gasteiger partial charge < -0.3 is 19.7 Å². The summed E-state index contributed by atoms with van der Waals surface area (Å²) >= 11 is 5.93. The van der Waals surface area contributed by atoms with E-state index in [0.29, 0.717) is 27.6 Å². The summed E-state index contributed by atoms with van der Waals surface area (Å²) in [7, 11) is 0. The summed E-state index contributed by atoms with van der Waals surface area (Å²) in [6.45, 7) is 0.482. The van der Waals surface area contributed by atoms with E-state index >= 15 is 0 Å². The Morgan fingerprint density at radius 1 is 0.973 bits per heavy atom. The number of hydrogen-bond donors (Lipinski definition) is 1. The second-order valence-corrected chi connectivity index (χ2v) is 9.40. The summed E-state index contributed by atoms with van der Waals surface area (Å²) in [5.41, 5.74) is 0.713. The Morgan fingerprint density at radius 3 is 2.49 bits per heavy atom. The molecule has 2 heterocycles. The van der Waals surface area contributed by atoms with Crippen molar-refractivity contribution in [3.05, 3.63) is 94.0 Å². The van der Waals surface area contributed by atoms with Gasteiger partial charge in [-0.15, -0.1) is 0 Å². The molecule has 2 aliphatic heterocycles. The van der Waals surface area contributed by atoms with Gasteiger partial charge in [-0.05, 0) is 53.6 Å². The van der Waals surface area contributed by atoms with Gasteiger partial charge in [-0.1, -0.05) is 35.9 Å². The monoisotopic (exact) mass is 530 g/mol. The van der Waals surface area contributed by atoms with E-state index in [4.69, 9.17) is 21.1 Å². The van der Waals surface area contributed by atoms with Gasteiger partial charge in [0.15, 0.2) is 11.5 Å². The number of fused-ring (bicyclic) bond motifs is 1. The highest BCUT2D eigenvalue weighted by Crippen LogP contribution is 2.37. The molecule has 2 aliphatic rings. The van der Waals surface area contributed by atoms with Gasteiger partial charge in [-0.3, -0.25) is 9.59 Å². The maximum Gasteiger partial charge on any atom is 0.416 e. The summed E-state index contributed by atoms with van der Waals surface area (Å²) < 4.78 is 50.9. The van der Waals surface area contributed by atoms with Crippen molar-refractivity contribution in [1.29, 1.82) is 0 Å². The van der Waals surface area contributed by atoms with Crippen molar-refractivity contribution < 1.29 is 32.2 Å². The Bertz CT molecular complexity index is 1330. The number of rotatable bonds is 5. The van der Waals surface area contributed by atoms with E-state index in [0.717, 1.165) is 17.7 Å². The van der Waals surface area contributed by atoms with Crippen molar-refractivity contribution in [3.8, 4) is 11.5 Å². The Morgan fingerprint density at radius 2 is 1.73 bits per heavy atom. The molecule has 0 spiro atoms. The first-order valence-electron chi connectivity index (χ1n) is 11.6. The lowest BCUT2D eigenvalue weighted by Gasteiger charge is -2.19. The average molecular weight is 531 g/mol. The summed E-state index contributed by atoms with van der Waals surface area (Å²) in [5.74, 6) is -0.837. The molecule has 0 aliphatic carbocycles. The number of amides is 2. The lowest BCUT2D eigenvalue weighted by molar-refractivity contribution is -0.137. The molecular weight excluding hydrogens is 509 g/mol. The Hall–Kier alpha value is -3.72. The number of nitrogens with zero attached hydrogens (tertiary/aromatic N) is 1. The van der Waals surface area contributed by atoms with Gasteiger partial charge in [0.05, 0.1) is 11.5 Å². The van der Waals surface area contributed by atoms with Crippen molar-refractivity contribution in [2.45, 2.75) is 18.6 Å². The third-order valence-corrected chi connectivity index (χ3v) is 6.83. The molecule has 192 valence electrons. The molecule has 2 atom stereocenters. The predicted molar refractivity (Wildman–Crippen MR) is 129 cm³/mol. The number of alkyl halides is 3. The molecule has 6 nitrogen and oxygen atoms in total. The number of carbonyl (C=O) groups is 2. The normalized spacial score (nSPS) is 18.6. The summed E-state index contributed by atoms with van der Waals surface area (Å²) in [6, 6.07) is 16.6. The zero-order valence-corrected chi connectivity index (χ0v) is 20.2. The number of nitrogens with one attached hydrogen (secondary N) is 1. The zero-order valence-electron chi connectivity index (χ0n) is 19.4. The van der Waals surface area contributed by atoms with E-state index in [1.54, 1.807) is 48.5 Å². The standard InChI is InChI=1S/C27H22ClF3N2O4/c28-20-7-5-17(6-8-20)26(35)33-13-21(18-2-1-3-19(11-18)27(29,30)31)22(14-33)25(34)32-12-16-4-9-23-24(10-16)37-15-36-23/h1-11,21-22H,12-15H2,(H,32,34)/t21-,22-/m0/s1. The highest BCUT2D eigenvalue weighted by molar-refractivity contribution is 6.30. The van der Waals surface area contributed by atoms with Crippen molar-refractivity contribution in [2.24, 2.45) is 5.92 Å². The van der Waals surface area contributed by atoms with E-state index in [2.05, 4.69) is 5.32 Å². The van der Waals surface area contributed by atoms with E-state index in [9.17, 15) is 22.8 Å². The smallest absolute Gasteiger partial charge is 0.416 e. The first-order valence-corrected chi connectivity index (χ1v) is 11.9. The fourth-order valence-corrected chi connectivity index (χ4v) is 4.79. The molecule has 1 fully saturated rings. The topological polar surface area (TPSA) is 67.9 Å². The van der Waals surface area contributed by atoms with E-state index < -0.39 is 23.6 Å². The minimum Gasteiger partial charge on any atom is -0.454 e. The zero-order chi connectivity index (χ0) is 26.2. The molecule has 3 aromatic carbocycles. The van der Waals surface area contributed by atoms with Crippen LogP contribution in [0.3, 0.4) is 0 Å². The number of halogens is 4. The van der Waals surface area contributed by atoms with Crippen LogP contribution in [-0.4, -0.2) is 36.6 Å². The fraction of sp³-hybridized carbons (Fsp3) is 0.259. The number of likely N-dealkylation sites (tertiary alicyclic amines) is 1. The number of benzene rings is 3. The van der Waals surface area contributed by atoms with Crippen LogP contribution in [0.2, 0.25) is 5.02 Å². The van der Waals surface area contributed by atoms with Crippen LogP contribution in [0.5, 0.6) is 11.5 Å². The second kappa shape index (κ2) is 9.97. The predicted octanol–water partition coefficient (Wildman–Crippen LogP) is 5.26. The molecule has 1 N–H and O–H groups in total. The maximum atomic E-state index is 13.4. The van der Waals surface area contributed by atoms with Crippen molar-refractivity contribution >= 4 is 23.4 Å². The lowest BCUT2D eigenvalue weighted by atomic mass is 9.87. The lowest BCUT2D eigenvalue weighted by Crippen LogP contribution is -2.35. The van der Waals surface area contributed by atoms with Crippen LogP contribution in [-0.2, 0) is 17.5 Å². The van der Waals surface area contributed by atoms with Gasteiger partial charge >= 0.3 is 6.18 Å². The molecule has 37 heavy (non-hydrogen) atoms. The van der Waals surface area contributed by atoms with E-state index in [-0.39, 0.29) is 38.2 Å². The maximum absolute atomic E-state index is 13.4. The van der Waals surface area contributed by atoms with Crippen molar-refractivity contribution in [3.63, 3.8) is 0 Å². The largest absolute Gasteiger partial charge is 0.454 e. The molecule has 3 aromatic rings. The van der Waals surface area contributed by atoms with E-state index in [1.807, 2.05) is 0 Å². The van der Waals surface area contributed by atoms with Crippen molar-refractivity contribution in [2.75, 3.05) is 19.9 Å². The van der Waals surface area contributed by atoms with Crippen LogP contribution in [0.25, 0.3) is 0 Å². The van der Waals surface area contributed by atoms with Crippen LogP contribution in [0.4, 0.5) is 13.2 Å². The Kier molecular flexibility index (Phi) is 6.72. The summed E-state index contributed by atoms with van der Waals surface area (Å²) in [5, 5.41) is 3.34. The highest BCUT2D eigenvalue weighted by atomic mass is 35.5. The Balaban J connectivity index is 1.38. The van der Waals surface area contributed by atoms with Gasteiger partial charge in [0.1, 0.15) is 0 Å². The minimum absolute atomic E-state index is 0.0648. The third kappa shape index (κ3) is 5.36. The molecule has 10 heteroatoms. The molecule has 5 rings (SSSR count). The van der Waals surface area contributed by atoms with Crippen LogP contribution in [0.1, 0.15) is 33.0 Å². The average Bonchev–Trinajstić information content (AvgIpc) is 3.54. The first-order chi connectivity index (χ1) is 17.7. The summed E-state index contributed by atoms with van der Waals surface area (Å²) in [6.07, 6.45) is -4.52. The molecule has 1 saturated heterocycles.